The molecule has 0 aliphatic carbocycles. The van der Waals surface area contributed by atoms with Crippen LogP contribution in [0.25, 0.3) is 0 Å². The summed E-state index contributed by atoms with van der Waals surface area (Å²) < 4.78 is 31.0. The van der Waals surface area contributed by atoms with E-state index < -0.39 is 16.0 Å². The molecule has 0 atom stereocenters. The molecule has 0 fully saturated rings. The number of carbonyl (C=O) groups is 1. The summed E-state index contributed by atoms with van der Waals surface area (Å²) in [6, 6.07) is 2.78. The third-order valence-electron chi connectivity index (χ3n) is 2.14. The zero-order valence-electron chi connectivity index (χ0n) is 10.0. The molecule has 7 nitrogen and oxygen atoms in total. The van der Waals surface area contributed by atoms with E-state index in [1.807, 2.05) is 0 Å². The van der Waals surface area contributed by atoms with E-state index in [0.29, 0.717) is 0 Å². The number of rotatable bonds is 4. The molecule has 1 N–H and O–H groups in total. The van der Waals surface area contributed by atoms with Gasteiger partial charge in [0.05, 0.1) is 18.3 Å². The van der Waals surface area contributed by atoms with Crippen molar-refractivity contribution in [1.29, 1.82) is 0 Å². The first-order chi connectivity index (χ1) is 9.44. The van der Waals surface area contributed by atoms with Crippen molar-refractivity contribution in [2.45, 2.75) is 4.21 Å². The van der Waals surface area contributed by atoms with Gasteiger partial charge in [0.2, 0.25) is 0 Å². The number of pyridine rings is 1. The predicted molar refractivity (Wildman–Crippen MR) is 73.5 cm³/mol. The van der Waals surface area contributed by atoms with E-state index in [1.165, 1.54) is 23.8 Å². The van der Waals surface area contributed by atoms with E-state index in [1.54, 1.807) is 0 Å². The van der Waals surface area contributed by atoms with Gasteiger partial charge < -0.3 is 4.74 Å². The SMILES string of the molecule is COC(=O)c1ncsc1S(=O)(=O)Nc1ccnc(Cl)c1. The number of esters is 1. The fraction of sp³-hybridized carbons (Fsp3) is 0.100. The van der Waals surface area contributed by atoms with Gasteiger partial charge in [0, 0.05) is 6.20 Å². The number of hydrogen-bond acceptors (Lipinski definition) is 7. The van der Waals surface area contributed by atoms with Gasteiger partial charge in [0.25, 0.3) is 10.0 Å². The van der Waals surface area contributed by atoms with Gasteiger partial charge in [-0.05, 0) is 12.1 Å². The molecule has 0 saturated heterocycles. The Morgan fingerprint density at radius 2 is 2.20 bits per heavy atom. The van der Waals surface area contributed by atoms with Crippen LogP contribution in [0.5, 0.6) is 0 Å². The Morgan fingerprint density at radius 3 is 2.85 bits per heavy atom. The zero-order valence-corrected chi connectivity index (χ0v) is 12.4. The van der Waals surface area contributed by atoms with E-state index in [9.17, 15) is 13.2 Å². The minimum Gasteiger partial charge on any atom is -0.464 e. The highest BCUT2D eigenvalue weighted by atomic mass is 35.5. The van der Waals surface area contributed by atoms with Gasteiger partial charge in [0.1, 0.15) is 5.15 Å². The lowest BCUT2D eigenvalue weighted by Gasteiger charge is -2.07. The normalized spacial score (nSPS) is 11.1. The summed E-state index contributed by atoms with van der Waals surface area (Å²) in [7, 11) is -2.81. The molecule has 2 aromatic rings. The maximum atomic E-state index is 12.2. The van der Waals surface area contributed by atoms with Crippen molar-refractivity contribution in [2.24, 2.45) is 0 Å². The van der Waals surface area contributed by atoms with Crippen LogP contribution in [0, 0.1) is 0 Å². The third kappa shape index (κ3) is 3.06. The number of carbonyl (C=O) groups excluding carboxylic acids is 1. The topological polar surface area (TPSA) is 98.2 Å². The second-order valence-electron chi connectivity index (χ2n) is 3.45. The van der Waals surface area contributed by atoms with Crippen molar-refractivity contribution in [2.75, 3.05) is 11.8 Å². The van der Waals surface area contributed by atoms with Gasteiger partial charge in [0.15, 0.2) is 9.90 Å². The van der Waals surface area contributed by atoms with Crippen LogP contribution < -0.4 is 4.72 Å². The number of aromatic nitrogens is 2. The molecule has 0 aromatic carbocycles. The summed E-state index contributed by atoms with van der Waals surface area (Å²) in [4.78, 5) is 18.9. The molecule has 0 saturated carbocycles. The Labute approximate surface area is 123 Å². The molecule has 2 heterocycles. The summed E-state index contributed by atoms with van der Waals surface area (Å²) in [6.45, 7) is 0. The summed E-state index contributed by atoms with van der Waals surface area (Å²) in [5.74, 6) is -0.820. The standard InChI is InChI=1S/C10H8ClN3O4S2/c1-18-9(15)8-10(19-5-13-8)20(16,17)14-6-2-3-12-7(11)4-6/h2-5H,1H3,(H,12,14). The number of sulfonamides is 1. The summed E-state index contributed by atoms with van der Waals surface area (Å²) in [5.41, 5.74) is 1.22. The number of thiazole rings is 1. The van der Waals surface area contributed by atoms with Gasteiger partial charge in [-0.15, -0.1) is 11.3 Å². The number of anilines is 1. The van der Waals surface area contributed by atoms with E-state index in [4.69, 9.17) is 11.6 Å². The summed E-state index contributed by atoms with van der Waals surface area (Å²) >= 11 is 6.49. The molecule has 0 spiro atoms. The molecular weight excluding hydrogens is 326 g/mol. The number of halogens is 1. The third-order valence-corrected chi connectivity index (χ3v) is 5.09. The largest absolute Gasteiger partial charge is 0.464 e. The maximum Gasteiger partial charge on any atom is 0.358 e. The van der Waals surface area contributed by atoms with Crippen LogP contribution in [0.15, 0.2) is 28.0 Å². The van der Waals surface area contributed by atoms with E-state index in [-0.39, 0.29) is 20.7 Å². The quantitative estimate of drug-likeness (QED) is 0.676. The molecular formula is C10H8ClN3O4S2. The molecule has 0 amide bonds. The Balaban J connectivity index is 2.36. The molecule has 10 heteroatoms. The Bertz CT molecular complexity index is 744. The van der Waals surface area contributed by atoms with Gasteiger partial charge in [-0.25, -0.2) is 23.2 Å². The first-order valence-electron chi connectivity index (χ1n) is 5.10. The molecule has 0 unspecified atom stereocenters. The number of nitrogens with one attached hydrogen (secondary N) is 1. The van der Waals surface area contributed by atoms with E-state index in [2.05, 4.69) is 19.4 Å². The van der Waals surface area contributed by atoms with Crippen molar-refractivity contribution >= 4 is 44.6 Å². The fourth-order valence-electron chi connectivity index (χ4n) is 1.33. The monoisotopic (exact) mass is 333 g/mol. The lowest BCUT2D eigenvalue weighted by atomic mass is 10.4. The van der Waals surface area contributed by atoms with Gasteiger partial charge in [-0.2, -0.15) is 0 Å². The lowest BCUT2D eigenvalue weighted by Crippen LogP contribution is -2.16. The molecule has 2 aromatic heterocycles. The number of methoxy groups -OCH3 is 1. The molecule has 0 bridgehead atoms. The number of hydrogen-bond donors (Lipinski definition) is 1. The second-order valence-corrected chi connectivity index (χ2v) is 6.57. The van der Waals surface area contributed by atoms with Gasteiger partial charge >= 0.3 is 5.97 Å². The van der Waals surface area contributed by atoms with Crippen molar-refractivity contribution in [3.05, 3.63) is 34.7 Å². The molecule has 20 heavy (non-hydrogen) atoms. The van der Waals surface area contributed by atoms with E-state index in [0.717, 1.165) is 18.4 Å². The minimum absolute atomic E-state index is 0.141. The Hall–Kier alpha value is -1.71. The Kier molecular flexibility index (Phi) is 4.21. The molecule has 2 rings (SSSR count). The number of nitrogens with zero attached hydrogens (tertiary/aromatic N) is 2. The number of ether oxygens (including phenoxy) is 1. The smallest absolute Gasteiger partial charge is 0.358 e. The van der Waals surface area contributed by atoms with Crippen LogP contribution in [0.4, 0.5) is 5.69 Å². The maximum absolute atomic E-state index is 12.2. The fourth-order valence-corrected chi connectivity index (χ4v) is 3.68. The van der Waals surface area contributed by atoms with Crippen molar-refractivity contribution in [3.63, 3.8) is 0 Å². The minimum atomic E-state index is -3.95. The van der Waals surface area contributed by atoms with Gasteiger partial charge in [-0.3, -0.25) is 4.72 Å². The van der Waals surface area contributed by atoms with Crippen molar-refractivity contribution in [3.8, 4) is 0 Å². The van der Waals surface area contributed by atoms with Crippen LogP contribution in [-0.2, 0) is 14.8 Å². The Morgan fingerprint density at radius 1 is 1.45 bits per heavy atom. The first kappa shape index (κ1) is 14.7. The second kappa shape index (κ2) is 5.73. The van der Waals surface area contributed by atoms with E-state index >= 15 is 0 Å². The van der Waals surface area contributed by atoms with Crippen molar-refractivity contribution < 1.29 is 17.9 Å². The predicted octanol–water partition coefficient (Wildman–Crippen LogP) is 1.78. The van der Waals surface area contributed by atoms with Crippen LogP contribution in [0.3, 0.4) is 0 Å². The average molecular weight is 334 g/mol. The van der Waals surface area contributed by atoms with Crippen molar-refractivity contribution in [1.82, 2.24) is 9.97 Å². The van der Waals surface area contributed by atoms with Crippen LogP contribution in [0.2, 0.25) is 5.15 Å². The lowest BCUT2D eigenvalue weighted by molar-refractivity contribution is 0.0590. The molecule has 106 valence electrons. The average Bonchev–Trinajstić information content (AvgIpc) is 2.87. The molecule has 0 aliphatic heterocycles. The molecule has 0 aliphatic rings. The highest BCUT2D eigenvalue weighted by Gasteiger charge is 2.26. The van der Waals surface area contributed by atoms with Crippen LogP contribution >= 0.6 is 22.9 Å². The molecule has 0 radical (unpaired) electrons. The summed E-state index contributed by atoms with van der Waals surface area (Å²) in [6.07, 6.45) is 1.36. The highest BCUT2D eigenvalue weighted by molar-refractivity contribution is 7.94. The van der Waals surface area contributed by atoms with Gasteiger partial charge in [-0.1, -0.05) is 11.6 Å². The summed E-state index contributed by atoms with van der Waals surface area (Å²) in [5, 5.41) is 0.141. The highest BCUT2D eigenvalue weighted by Crippen LogP contribution is 2.24. The first-order valence-corrected chi connectivity index (χ1v) is 7.84. The zero-order chi connectivity index (χ0) is 14.8. The van der Waals surface area contributed by atoms with Crippen LogP contribution in [0.1, 0.15) is 10.5 Å². The van der Waals surface area contributed by atoms with Crippen LogP contribution in [-0.4, -0.2) is 31.5 Å².